The topological polar surface area (TPSA) is 48.8 Å². The highest BCUT2D eigenvalue weighted by Crippen LogP contribution is 2.33. The molecule has 0 saturated carbocycles. The molecule has 0 saturated heterocycles. The van der Waals surface area contributed by atoms with Gasteiger partial charge in [-0.3, -0.25) is 4.79 Å². The first-order chi connectivity index (χ1) is 13.8. The number of amides is 3. The number of hydrogen-bond donors (Lipinski definition) is 0. The van der Waals surface area contributed by atoms with Gasteiger partial charge in [-0.05, 0) is 35.7 Å². The number of urea groups is 1. The average Bonchev–Trinajstić information content (AvgIpc) is 3.14. The monoisotopic (exact) mass is 416 g/mol. The molecule has 6 nitrogen and oxygen atoms in total. The molecule has 0 spiro atoms. The highest BCUT2D eigenvalue weighted by molar-refractivity contribution is 6.30. The van der Waals surface area contributed by atoms with E-state index < -0.39 is 0 Å². The van der Waals surface area contributed by atoms with Gasteiger partial charge < -0.3 is 19.3 Å². The molecule has 0 aliphatic carbocycles. The van der Waals surface area contributed by atoms with Crippen LogP contribution in [0.25, 0.3) is 0 Å². The third-order valence-electron chi connectivity index (χ3n) is 5.09. The fourth-order valence-electron chi connectivity index (χ4n) is 3.87. The first-order valence-corrected chi connectivity index (χ1v) is 10.3. The molecular formula is C22H29ClN4O2. The molecule has 156 valence electrons. The number of fused-ring (bicyclic) bond motifs is 1. The summed E-state index contributed by atoms with van der Waals surface area (Å²) in [6.07, 6.45) is 2.04. The van der Waals surface area contributed by atoms with Gasteiger partial charge in [0.15, 0.2) is 0 Å². The van der Waals surface area contributed by atoms with Crippen LogP contribution in [0, 0.1) is 5.92 Å². The van der Waals surface area contributed by atoms with Gasteiger partial charge in [0.05, 0.1) is 6.04 Å². The SMILES string of the molecule is CC(C)CN(CC(=O)N1CCn2cccc2C1c1cccc(Cl)c1)C(=O)N(C)C. The van der Waals surface area contributed by atoms with Crippen molar-refractivity contribution < 1.29 is 9.59 Å². The zero-order chi connectivity index (χ0) is 21.1. The molecule has 1 aromatic carbocycles. The van der Waals surface area contributed by atoms with Gasteiger partial charge in [0.2, 0.25) is 5.91 Å². The molecule has 1 aromatic heterocycles. The van der Waals surface area contributed by atoms with E-state index in [4.69, 9.17) is 11.6 Å². The molecule has 0 N–H and O–H groups in total. The molecule has 1 atom stereocenters. The van der Waals surface area contributed by atoms with Crippen LogP contribution < -0.4 is 0 Å². The van der Waals surface area contributed by atoms with Crippen molar-refractivity contribution in [2.45, 2.75) is 26.4 Å². The smallest absolute Gasteiger partial charge is 0.319 e. The maximum atomic E-state index is 13.4. The Balaban J connectivity index is 1.90. The predicted octanol–water partition coefficient (Wildman–Crippen LogP) is 3.71. The van der Waals surface area contributed by atoms with Crippen molar-refractivity contribution in [3.8, 4) is 0 Å². The molecule has 0 bridgehead atoms. The van der Waals surface area contributed by atoms with Crippen LogP contribution in [0.2, 0.25) is 5.02 Å². The lowest BCUT2D eigenvalue weighted by Gasteiger charge is -2.39. The largest absolute Gasteiger partial charge is 0.348 e. The summed E-state index contributed by atoms with van der Waals surface area (Å²) < 4.78 is 2.17. The summed E-state index contributed by atoms with van der Waals surface area (Å²) in [7, 11) is 3.42. The lowest BCUT2D eigenvalue weighted by Crippen LogP contribution is -2.50. The summed E-state index contributed by atoms with van der Waals surface area (Å²) in [6, 6.07) is 11.3. The van der Waals surface area contributed by atoms with E-state index in [1.54, 1.807) is 19.0 Å². The van der Waals surface area contributed by atoms with E-state index in [1.807, 2.05) is 61.3 Å². The maximum absolute atomic E-state index is 13.4. The Morgan fingerprint density at radius 3 is 2.59 bits per heavy atom. The molecule has 3 rings (SSSR count). The summed E-state index contributed by atoms with van der Waals surface area (Å²) in [4.78, 5) is 31.0. The van der Waals surface area contributed by atoms with Gasteiger partial charge in [0.1, 0.15) is 6.54 Å². The Labute approximate surface area is 177 Å². The van der Waals surface area contributed by atoms with Gasteiger partial charge in [-0.1, -0.05) is 37.6 Å². The molecule has 1 aliphatic rings. The minimum absolute atomic E-state index is 0.0572. The molecule has 2 heterocycles. The van der Waals surface area contributed by atoms with Crippen LogP contribution in [0.4, 0.5) is 4.79 Å². The number of benzene rings is 1. The predicted molar refractivity (Wildman–Crippen MR) is 115 cm³/mol. The van der Waals surface area contributed by atoms with E-state index in [-0.39, 0.29) is 30.4 Å². The van der Waals surface area contributed by atoms with E-state index in [1.165, 1.54) is 4.90 Å². The summed E-state index contributed by atoms with van der Waals surface area (Å²) in [6.45, 7) is 6.01. The lowest BCUT2D eigenvalue weighted by molar-refractivity contribution is -0.134. The summed E-state index contributed by atoms with van der Waals surface area (Å²) in [5.41, 5.74) is 2.03. The van der Waals surface area contributed by atoms with Crippen molar-refractivity contribution in [2.75, 3.05) is 33.7 Å². The van der Waals surface area contributed by atoms with Crippen molar-refractivity contribution >= 4 is 23.5 Å². The Bertz CT molecular complexity index is 877. The Hall–Kier alpha value is -2.47. The van der Waals surface area contributed by atoms with Gasteiger partial charge in [0.25, 0.3) is 0 Å². The third-order valence-corrected chi connectivity index (χ3v) is 5.32. The van der Waals surface area contributed by atoms with Crippen LogP contribution in [0.15, 0.2) is 42.6 Å². The fourth-order valence-corrected chi connectivity index (χ4v) is 4.07. The molecule has 0 fully saturated rings. The Morgan fingerprint density at radius 2 is 1.93 bits per heavy atom. The van der Waals surface area contributed by atoms with Gasteiger partial charge in [0, 0.05) is 50.6 Å². The highest BCUT2D eigenvalue weighted by Gasteiger charge is 2.33. The first-order valence-electron chi connectivity index (χ1n) is 9.94. The number of nitrogens with zero attached hydrogens (tertiary/aromatic N) is 4. The van der Waals surface area contributed by atoms with E-state index in [0.29, 0.717) is 18.1 Å². The normalized spacial score (nSPS) is 15.9. The van der Waals surface area contributed by atoms with Gasteiger partial charge in [-0.2, -0.15) is 0 Å². The van der Waals surface area contributed by atoms with Crippen LogP contribution in [0.3, 0.4) is 0 Å². The lowest BCUT2D eigenvalue weighted by atomic mass is 9.99. The third kappa shape index (κ3) is 4.75. The van der Waals surface area contributed by atoms with Crippen molar-refractivity contribution in [3.05, 3.63) is 58.9 Å². The Kier molecular flexibility index (Phi) is 6.52. The van der Waals surface area contributed by atoms with E-state index in [0.717, 1.165) is 17.8 Å². The van der Waals surface area contributed by atoms with Gasteiger partial charge >= 0.3 is 6.03 Å². The van der Waals surface area contributed by atoms with Crippen LogP contribution in [0.1, 0.15) is 31.1 Å². The zero-order valence-electron chi connectivity index (χ0n) is 17.5. The summed E-state index contributed by atoms with van der Waals surface area (Å²) >= 11 is 6.24. The van der Waals surface area contributed by atoms with Crippen LogP contribution in [-0.2, 0) is 11.3 Å². The van der Waals surface area contributed by atoms with Gasteiger partial charge in [-0.25, -0.2) is 4.79 Å². The van der Waals surface area contributed by atoms with Crippen molar-refractivity contribution in [1.82, 2.24) is 19.3 Å². The number of carbonyl (C=O) groups excluding carboxylic acids is 2. The van der Waals surface area contributed by atoms with Crippen LogP contribution in [0.5, 0.6) is 0 Å². The molecule has 1 unspecified atom stereocenters. The maximum Gasteiger partial charge on any atom is 0.319 e. The first kappa shape index (κ1) is 21.2. The number of carbonyl (C=O) groups is 2. The number of hydrogen-bond acceptors (Lipinski definition) is 2. The van der Waals surface area contributed by atoms with E-state index in [9.17, 15) is 9.59 Å². The zero-order valence-corrected chi connectivity index (χ0v) is 18.3. The van der Waals surface area contributed by atoms with Gasteiger partial charge in [-0.15, -0.1) is 0 Å². The minimum atomic E-state index is -0.222. The second kappa shape index (κ2) is 8.91. The average molecular weight is 417 g/mol. The summed E-state index contributed by atoms with van der Waals surface area (Å²) in [5.74, 6) is 0.215. The van der Waals surface area contributed by atoms with Crippen molar-refractivity contribution in [2.24, 2.45) is 5.92 Å². The van der Waals surface area contributed by atoms with Crippen LogP contribution >= 0.6 is 11.6 Å². The summed E-state index contributed by atoms with van der Waals surface area (Å²) in [5, 5.41) is 0.641. The highest BCUT2D eigenvalue weighted by atomic mass is 35.5. The number of halogens is 1. The molecule has 2 aromatic rings. The molecule has 1 aliphatic heterocycles. The standard InChI is InChI=1S/C22H29ClN4O2/c1-16(2)14-26(22(29)24(3)4)15-20(28)27-12-11-25-10-6-9-19(25)21(27)17-7-5-8-18(23)13-17/h5-10,13,16,21H,11-12,14-15H2,1-4H3. The second-order valence-corrected chi connectivity index (χ2v) is 8.56. The molecule has 0 radical (unpaired) electrons. The number of aromatic nitrogens is 1. The molecular weight excluding hydrogens is 388 g/mol. The van der Waals surface area contributed by atoms with Crippen molar-refractivity contribution in [3.63, 3.8) is 0 Å². The quantitative estimate of drug-likeness (QED) is 0.745. The van der Waals surface area contributed by atoms with E-state index in [2.05, 4.69) is 4.57 Å². The second-order valence-electron chi connectivity index (χ2n) is 8.12. The Morgan fingerprint density at radius 1 is 1.17 bits per heavy atom. The molecule has 3 amide bonds. The number of rotatable bonds is 5. The fraction of sp³-hybridized carbons (Fsp3) is 0.455. The van der Waals surface area contributed by atoms with Crippen LogP contribution in [-0.4, -0.2) is 64.9 Å². The molecule has 29 heavy (non-hydrogen) atoms. The van der Waals surface area contributed by atoms with Crippen molar-refractivity contribution in [1.29, 1.82) is 0 Å². The minimum Gasteiger partial charge on any atom is -0.348 e. The van der Waals surface area contributed by atoms with E-state index >= 15 is 0 Å². The molecule has 7 heteroatoms.